The van der Waals surface area contributed by atoms with E-state index in [1.165, 1.54) is 6.26 Å². The summed E-state index contributed by atoms with van der Waals surface area (Å²) in [6.07, 6.45) is 3.90. The van der Waals surface area contributed by atoms with Crippen molar-refractivity contribution in [2.75, 3.05) is 12.0 Å². The molecule has 0 radical (unpaired) electrons. The molecule has 0 fully saturated rings. The summed E-state index contributed by atoms with van der Waals surface area (Å²) in [6, 6.07) is 0.111. The van der Waals surface area contributed by atoms with Crippen LogP contribution in [0.4, 0.5) is 0 Å². The van der Waals surface area contributed by atoms with Crippen molar-refractivity contribution in [3.8, 4) is 0 Å². The molecule has 0 saturated carbocycles. The number of hydrogen-bond acceptors (Lipinski definition) is 4. The van der Waals surface area contributed by atoms with Crippen molar-refractivity contribution in [2.24, 2.45) is 11.8 Å². The highest BCUT2D eigenvalue weighted by Gasteiger charge is 2.18. The monoisotopic (exact) mass is 222 g/mol. The number of rotatable bonds is 7. The van der Waals surface area contributed by atoms with Gasteiger partial charge in [0.25, 0.3) is 0 Å². The van der Waals surface area contributed by atoms with Crippen molar-refractivity contribution in [1.82, 2.24) is 5.43 Å². The third-order valence-corrected chi connectivity index (χ3v) is 3.61. The molecule has 4 nitrogen and oxygen atoms in total. The van der Waals surface area contributed by atoms with Crippen LogP contribution in [0.15, 0.2) is 0 Å². The Morgan fingerprint density at radius 1 is 1.29 bits per heavy atom. The summed E-state index contributed by atoms with van der Waals surface area (Å²) in [5.74, 6) is 6.08. The van der Waals surface area contributed by atoms with Crippen molar-refractivity contribution in [1.29, 1.82) is 0 Å². The summed E-state index contributed by atoms with van der Waals surface area (Å²) in [6.45, 7) is 4.19. The van der Waals surface area contributed by atoms with Gasteiger partial charge in [-0.15, -0.1) is 0 Å². The third kappa shape index (κ3) is 5.57. The van der Waals surface area contributed by atoms with Crippen LogP contribution in [0.25, 0.3) is 0 Å². The van der Waals surface area contributed by atoms with Gasteiger partial charge in [0.05, 0.1) is 5.75 Å². The molecule has 0 aromatic heterocycles. The summed E-state index contributed by atoms with van der Waals surface area (Å²) in [5.41, 5.74) is 2.71. The van der Waals surface area contributed by atoms with Gasteiger partial charge in [-0.25, -0.2) is 8.42 Å². The van der Waals surface area contributed by atoms with Crippen molar-refractivity contribution < 1.29 is 8.42 Å². The average molecular weight is 222 g/mol. The fraction of sp³-hybridized carbons (Fsp3) is 1.00. The lowest BCUT2D eigenvalue weighted by atomic mass is 9.93. The molecule has 0 bridgehead atoms. The highest BCUT2D eigenvalue weighted by Crippen LogP contribution is 2.15. The van der Waals surface area contributed by atoms with Crippen molar-refractivity contribution in [3.63, 3.8) is 0 Å². The molecule has 1 unspecified atom stereocenters. The minimum absolute atomic E-state index is 0.111. The van der Waals surface area contributed by atoms with Crippen LogP contribution in [0.3, 0.4) is 0 Å². The molecular formula is C9H22N2O2S. The van der Waals surface area contributed by atoms with Gasteiger partial charge in [-0.2, -0.15) is 0 Å². The Kier molecular flexibility index (Phi) is 6.31. The van der Waals surface area contributed by atoms with Crippen LogP contribution in [0.2, 0.25) is 0 Å². The molecular weight excluding hydrogens is 200 g/mol. The molecule has 14 heavy (non-hydrogen) atoms. The van der Waals surface area contributed by atoms with Gasteiger partial charge in [-0.3, -0.25) is 11.3 Å². The second kappa shape index (κ2) is 6.37. The Bertz CT molecular complexity index is 235. The Morgan fingerprint density at radius 2 is 1.79 bits per heavy atom. The van der Waals surface area contributed by atoms with Crippen LogP contribution in [-0.4, -0.2) is 26.5 Å². The fourth-order valence-electron chi connectivity index (χ4n) is 1.65. The van der Waals surface area contributed by atoms with E-state index in [4.69, 9.17) is 5.84 Å². The molecule has 86 valence electrons. The van der Waals surface area contributed by atoms with E-state index in [1.807, 2.05) is 0 Å². The summed E-state index contributed by atoms with van der Waals surface area (Å²) in [7, 11) is -2.87. The maximum absolute atomic E-state index is 11.0. The van der Waals surface area contributed by atoms with Gasteiger partial charge < -0.3 is 0 Å². The highest BCUT2D eigenvalue weighted by molar-refractivity contribution is 7.90. The minimum atomic E-state index is -2.87. The smallest absolute Gasteiger partial charge is 0.147 e. The molecule has 0 amide bonds. The highest BCUT2D eigenvalue weighted by atomic mass is 32.2. The van der Waals surface area contributed by atoms with E-state index in [0.29, 0.717) is 12.3 Å². The van der Waals surface area contributed by atoms with E-state index in [9.17, 15) is 8.42 Å². The van der Waals surface area contributed by atoms with Crippen LogP contribution in [0, 0.1) is 5.92 Å². The minimum Gasteiger partial charge on any atom is -0.271 e. The first-order chi connectivity index (χ1) is 6.44. The summed E-state index contributed by atoms with van der Waals surface area (Å²) < 4.78 is 22.0. The standard InChI is InChI=1S/C9H22N2O2S/c1-4-8(5-2)9(11-10)6-7-14(3,12)13/h8-9,11H,4-7,10H2,1-3H3. The predicted molar refractivity (Wildman–Crippen MR) is 59.5 cm³/mol. The van der Waals surface area contributed by atoms with Gasteiger partial charge in [-0.1, -0.05) is 26.7 Å². The summed E-state index contributed by atoms with van der Waals surface area (Å²) >= 11 is 0. The maximum atomic E-state index is 11.0. The van der Waals surface area contributed by atoms with E-state index in [-0.39, 0.29) is 11.8 Å². The average Bonchev–Trinajstić information content (AvgIpc) is 2.10. The van der Waals surface area contributed by atoms with Gasteiger partial charge in [0.15, 0.2) is 0 Å². The third-order valence-electron chi connectivity index (χ3n) is 2.63. The largest absolute Gasteiger partial charge is 0.271 e. The first-order valence-corrected chi connectivity index (χ1v) is 7.14. The maximum Gasteiger partial charge on any atom is 0.147 e. The molecule has 0 aromatic rings. The molecule has 0 aliphatic heterocycles. The molecule has 0 aliphatic rings. The molecule has 5 heteroatoms. The van der Waals surface area contributed by atoms with E-state index in [1.54, 1.807) is 0 Å². The number of hydrogen-bond donors (Lipinski definition) is 2. The van der Waals surface area contributed by atoms with Gasteiger partial charge in [0, 0.05) is 12.3 Å². The molecule has 0 aliphatic carbocycles. The molecule has 3 N–H and O–H groups in total. The first kappa shape index (κ1) is 13.9. The lowest BCUT2D eigenvalue weighted by Gasteiger charge is -2.24. The molecule has 0 spiro atoms. The van der Waals surface area contributed by atoms with Crippen LogP contribution >= 0.6 is 0 Å². The van der Waals surface area contributed by atoms with E-state index in [2.05, 4.69) is 19.3 Å². The SMILES string of the molecule is CCC(CC)C(CCS(C)(=O)=O)NN. The fourth-order valence-corrected chi connectivity index (χ4v) is 2.34. The molecule has 0 aromatic carbocycles. The zero-order valence-electron chi connectivity index (χ0n) is 9.29. The summed E-state index contributed by atoms with van der Waals surface area (Å²) in [5, 5.41) is 0. The normalized spacial score (nSPS) is 14.6. The molecule has 1 atom stereocenters. The van der Waals surface area contributed by atoms with Gasteiger partial charge in [0.1, 0.15) is 9.84 Å². The zero-order valence-corrected chi connectivity index (χ0v) is 10.1. The number of nitrogens with one attached hydrogen (secondary N) is 1. The van der Waals surface area contributed by atoms with Crippen LogP contribution in [-0.2, 0) is 9.84 Å². The van der Waals surface area contributed by atoms with Gasteiger partial charge in [-0.05, 0) is 12.3 Å². The lowest BCUT2D eigenvalue weighted by Crippen LogP contribution is -2.41. The van der Waals surface area contributed by atoms with Crippen LogP contribution < -0.4 is 11.3 Å². The number of hydrazine groups is 1. The molecule has 0 rings (SSSR count). The second-order valence-corrected chi connectivity index (χ2v) is 6.03. The molecule has 0 heterocycles. The Morgan fingerprint density at radius 3 is 2.07 bits per heavy atom. The van der Waals surface area contributed by atoms with Crippen molar-refractivity contribution in [3.05, 3.63) is 0 Å². The first-order valence-electron chi connectivity index (χ1n) is 5.08. The predicted octanol–water partition coefficient (Wildman–Crippen LogP) is 0.689. The van der Waals surface area contributed by atoms with Gasteiger partial charge in [0.2, 0.25) is 0 Å². The zero-order chi connectivity index (χ0) is 11.2. The van der Waals surface area contributed by atoms with E-state index < -0.39 is 9.84 Å². The van der Waals surface area contributed by atoms with E-state index in [0.717, 1.165) is 12.8 Å². The van der Waals surface area contributed by atoms with Gasteiger partial charge >= 0.3 is 0 Å². The Balaban J connectivity index is 4.14. The summed E-state index contributed by atoms with van der Waals surface area (Å²) in [4.78, 5) is 0. The van der Waals surface area contributed by atoms with Crippen molar-refractivity contribution >= 4 is 9.84 Å². The second-order valence-electron chi connectivity index (χ2n) is 3.77. The Labute approximate surface area is 87.1 Å². The lowest BCUT2D eigenvalue weighted by molar-refractivity contribution is 0.330. The number of sulfone groups is 1. The van der Waals surface area contributed by atoms with Crippen LogP contribution in [0.1, 0.15) is 33.1 Å². The quantitative estimate of drug-likeness (QED) is 0.491. The molecule has 0 saturated heterocycles. The number of nitrogens with two attached hydrogens (primary N) is 1. The topological polar surface area (TPSA) is 72.2 Å². The Hall–Kier alpha value is -0.130. The van der Waals surface area contributed by atoms with Crippen LogP contribution in [0.5, 0.6) is 0 Å². The van der Waals surface area contributed by atoms with Crippen molar-refractivity contribution in [2.45, 2.75) is 39.2 Å². The van der Waals surface area contributed by atoms with E-state index >= 15 is 0 Å².